The van der Waals surface area contributed by atoms with Crippen LogP contribution in [-0.4, -0.2) is 18.7 Å². The van der Waals surface area contributed by atoms with Crippen LogP contribution in [0.1, 0.15) is 11.1 Å². The van der Waals surface area contributed by atoms with Gasteiger partial charge in [-0.25, -0.2) is 5.43 Å². The van der Waals surface area contributed by atoms with Gasteiger partial charge in [0.2, 0.25) is 5.91 Å². The number of rotatable bonds is 6. The Labute approximate surface area is 136 Å². The average Bonchev–Trinajstić information content (AvgIpc) is 2.51. The van der Waals surface area contributed by atoms with Crippen molar-refractivity contribution in [2.45, 2.75) is 13.0 Å². The summed E-state index contributed by atoms with van der Waals surface area (Å²) in [5.41, 5.74) is 3.44. The predicted octanol–water partition coefficient (Wildman–Crippen LogP) is 3.63. The van der Waals surface area contributed by atoms with E-state index in [0.29, 0.717) is 10.6 Å². The number of hydrogen-bond acceptors (Lipinski definition) is 3. The molecule has 0 spiro atoms. The Hall–Kier alpha value is -2.47. The molecule has 0 atom stereocenters. The second-order valence-electron chi connectivity index (χ2n) is 4.51. The van der Waals surface area contributed by atoms with E-state index in [1.807, 2.05) is 0 Å². The molecule has 2 rings (SSSR count). The number of nitrogens with zero attached hydrogens (tertiary/aromatic N) is 1. The number of alkyl halides is 2. The highest BCUT2D eigenvalue weighted by Gasteiger charge is 2.07. The highest BCUT2D eigenvalue weighted by molar-refractivity contribution is 6.30. The number of amides is 1. The van der Waals surface area contributed by atoms with Gasteiger partial charge in [0.25, 0.3) is 0 Å². The summed E-state index contributed by atoms with van der Waals surface area (Å²) in [5.74, 6) is -0.353. The molecule has 1 N–H and O–H groups in total. The number of para-hydroxylation sites is 1. The predicted molar refractivity (Wildman–Crippen MR) is 84.0 cm³/mol. The van der Waals surface area contributed by atoms with Crippen LogP contribution in [0, 0.1) is 0 Å². The van der Waals surface area contributed by atoms with E-state index in [2.05, 4.69) is 15.3 Å². The van der Waals surface area contributed by atoms with Crippen LogP contribution in [-0.2, 0) is 11.2 Å². The Balaban J connectivity index is 1.93. The summed E-state index contributed by atoms with van der Waals surface area (Å²) in [7, 11) is 0. The summed E-state index contributed by atoms with van der Waals surface area (Å²) in [4.78, 5) is 11.7. The molecule has 7 heteroatoms. The van der Waals surface area contributed by atoms with E-state index in [9.17, 15) is 13.6 Å². The van der Waals surface area contributed by atoms with Gasteiger partial charge >= 0.3 is 6.61 Å². The number of hydrogen-bond donors (Lipinski definition) is 1. The number of nitrogens with one attached hydrogen (secondary N) is 1. The summed E-state index contributed by atoms with van der Waals surface area (Å²) in [6, 6.07) is 13.0. The quantitative estimate of drug-likeness (QED) is 0.646. The van der Waals surface area contributed by atoms with Gasteiger partial charge in [-0.2, -0.15) is 13.9 Å². The number of ether oxygens (including phenoxy) is 1. The molecule has 0 unspecified atom stereocenters. The molecule has 0 aliphatic heterocycles. The van der Waals surface area contributed by atoms with E-state index in [0.717, 1.165) is 5.56 Å². The first kappa shape index (κ1) is 16.9. The van der Waals surface area contributed by atoms with E-state index < -0.39 is 6.61 Å². The molecule has 120 valence electrons. The molecule has 0 bridgehead atoms. The zero-order valence-electron chi connectivity index (χ0n) is 11.9. The second-order valence-corrected chi connectivity index (χ2v) is 4.95. The van der Waals surface area contributed by atoms with Crippen molar-refractivity contribution in [2.24, 2.45) is 5.10 Å². The lowest BCUT2D eigenvalue weighted by Crippen LogP contribution is -2.19. The topological polar surface area (TPSA) is 50.7 Å². The summed E-state index contributed by atoms with van der Waals surface area (Å²) >= 11 is 5.76. The Morgan fingerprint density at radius 2 is 1.91 bits per heavy atom. The molecule has 0 aliphatic carbocycles. The summed E-state index contributed by atoms with van der Waals surface area (Å²) in [6.07, 6.45) is 1.38. The molecule has 0 radical (unpaired) electrons. The van der Waals surface area contributed by atoms with E-state index >= 15 is 0 Å². The van der Waals surface area contributed by atoms with Gasteiger partial charge < -0.3 is 4.74 Å². The fourth-order valence-electron chi connectivity index (χ4n) is 1.79. The molecule has 0 fully saturated rings. The van der Waals surface area contributed by atoms with Crippen molar-refractivity contribution in [3.05, 3.63) is 64.7 Å². The van der Waals surface area contributed by atoms with Crippen molar-refractivity contribution < 1.29 is 18.3 Å². The fourth-order valence-corrected chi connectivity index (χ4v) is 1.92. The zero-order valence-corrected chi connectivity index (χ0v) is 12.6. The molecule has 0 saturated heterocycles. The lowest BCUT2D eigenvalue weighted by molar-refractivity contribution is -0.120. The Morgan fingerprint density at radius 3 is 2.61 bits per heavy atom. The van der Waals surface area contributed by atoms with Crippen LogP contribution in [0.25, 0.3) is 0 Å². The number of hydrazone groups is 1. The Kier molecular flexibility index (Phi) is 6.05. The normalized spacial score (nSPS) is 11.0. The van der Waals surface area contributed by atoms with Gasteiger partial charge in [-0.1, -0.05) is 35.9 Å². The van der Waals surface area contributed by atoms with Crippen molar-refractivity contribution >= 4 is 23.7 Å². The summed E-state index contributed by atoms with van der Waals surface area (Å²) < 4.78 is 28.9. The van der Waals surface area contributed by atoms with E-state index in [1.54, 1.807) is 42.5 Å². The maximum Gasteiger partial charge on any atom is 0.387 e. The first-order valence-corrected chi connectivity index (χ1v) is 7.02. The molecule has 0 heterocycles. The molecule has 0 saturated carbocycles. The first-order chi connectivity index (χ1) is 11.0. The third kappa shape index (κ3) is 5.67. The maximum atomic E-state index is 12.3. The monoisotopic (exact) mass is 338 g/mol. The molecule has 0 aromatic heterocycles. The minimum absolute atomic E-state index is 0.0156. The van der Waals surface area contributed by atoms with Gasteiger partial charge in [0.05, 0.1) is 12.6 Å². The number of halogens is 3. The highest BCUT2D eigenvalue weighted by Crippen LogP contribution is 2.18. The van der Waals surface area contributed by atoms with Crippen molar-refractivity contribution in [2.75, 3.05) is 0 Å². The Morgan fingerprint density at radius 1 is 1.22 bits per heavy atom. The standard InChI is InChI=1S/C16H13ClF2N2O2/c17-13-7-5-11(6-8-13)9-15(22)21-20-10-12-3-1-2-4-14(12)23-16(18)19/h1-8,10,16H,9H2,(H,21,22)/b20-10+. The molecule has 1 amide bonds. The van der Waals surface area contributed by atoms with Crippen LogP contribution in [0.3, 0.4) is 0 Å². The van der Waals surface area contributed by atoms with E-state index in [1.165, 1.54) is 12.3 Å². The number of benzene rings is 2. The molecular weight excluding hydrogens is 326 g/mol. The largest absolute Gasteiger partial charge is 0.434 e. The van der Waals surface area contributed by atoms with Crippen LogP contribution in [0.4, 0.5) is 8.78 Å². The van der Waals surface area contributed by atoms with Crippen LogP contribution in [0.2, 0.25) is 5.02 Å². The van der Waals surface area contributed by atoms with Crippen LogP contribution < -0.4 is 10.2 Å². The van der Waals surface area contributed by atoms with Gasteiger partial charge in [-0.05, 0) is 29.8 Å². The smallest absolute Gasteiger partial charge is 0.387 e. The van der Waals surface area contributed by atoms with Crippen LogP contribution in [0.15, 0.2) is 53.6 Å². The van der Waals surface area contributed by atoms with Crippen LogP contribution >= 0.6 is 11.6 Å². The fraction of sp³-hybridized carbons (Fsp3) is 0.125. The minimum atomic E-state index is -2.93. The molecule has 4 nitrogen and oxygen atoms in total. The van der Waals surface area contributed by atoms with Gasteiger partial charge in [0, 0.05) is 10.6 Å². The van der Waals surface area contributed by atoms with Crippen LogP contribution in [0.5, 0.6) is 5.75 Å². The van der Waals surface area contributed by atoms with Gasteiger partial charge in [0.15, 0.2) is 0 Å². The zero-order chi connectivity index (χ0) is 16.7. The van der Waals surface area contributed by atoms with Crippen molar-refractivity contribution in [1.82, 2.24) is 5.43 Å². The Bertz CT molecular complexity index is 691. The highest BCUT2D eigenvalue weighted by atomic mass is 35.5. The third-order valence-electron chi connectivity index (χ3n) is 2.81. The maximum absolute atomic E-state index is 12.3. The average molecular weight is 339 g/mol. The SMILES string of the molecule is O=C(Cc1ccc(Cl)cc1)N/N=C/c1ccccc1OC(F)F. The van der Waals surface area contributed by atoms with Gasteiger partial charge in [0.1, 0.15) is 5.75 Å². The van der Waals surface area contributed by atoms with E-state index in [4.69, 9.17) is 11.6 Å². The van der Waals surface area contributed by atoms with Gasteiger partial charge in [-0.3, -0.25) is 4.79 Å². The lowest BCUT2D eigenvalue weighted by atomic mass is 10.1. The van der Waals surface area contributed by atoms with Crippen molar-refractivity contribution in [3.63, 3.8) is 0 Å². The van der Waals surface area contributed by atoms with Crippen molar-refractivity contribution in [1.29, 1.82) is 0 Å². The molecule has 2 aromatic carbocycles. The second kappa shape index (κ2) is 8.24. The minimum Gasteiger partial charge on any atom is -0.434 e. The molecule has 23 heavy (non-hydrogen) atoms. The summed E-state index contributed by atoms with van der Waals surface area (Å²) in [5, 5.41) is 4.33. The molecule has 2 aromatic rings. The first-order valence-electron chi connectivity index (χ1n) is 6.65. The molecule has 0 aliphatic rings. The van der Waals surface area contributed by atoms with Gasteiger partial charge in [-0.15, -0.1) is 0 Å². The molecular formula is C16H13ClF2N2O2. The number of carbonyl (C=O) groups excluding carboxylic acids is 1. The lowest BCUT2D eigenvalue weighted by Gasteiger charge is -2.07. The van der Waals surface area contributed by atoms with E-state index in [-0.39, 0.29) is 18.1 Å². The number of carbonyl (C=O) groups is 1. The third-order valence-corrected chi connectivity index (χ3v) is 3.06. The van der Waals surface area contributed by atoms with Crippen molar-refractivity contribution in [3.8, 4) is 5.75 Å². The summed E-state index contributed by atoms with van der Waals surface area (Å²) in [6.45, 7) is -2.93.